The first kappa shape index (κ1) is 18.9. The highest BCUT2D eigenvalue weighted by Crippen LogP contribution is 2.28. The van der Waals surface area contributed by atoms with Crippen molar-refractivity contribution in [3.8, 4) is 5.75 Å². The average molecular weight is 367 g/mol. The Balaban J connectivity index is 1.79. The van der Waals surface area contributed by atoms with E-state index in [1.54, 1.807) is 6.20 Å². The van der Waals surface area contributed by atoms with Gasteiger partial charge in [-0.1, -0.05) is 30.3 Å². The van der Waals surface area contributed by atoms with Gasteiger partial charge in [-0.2, -0.15) is 0 Å². The van der Waals surface area contributed by atoms with Crippen LogP contribution in [0.2, 0.25) is 0 Å². The lowest BCUT2D eigenvalue weighted by Crippen LogP contribution is -2.33. The Kier molecular flexibility index (Phi) is 6.11. The van der Waals surface area contributed by atoms with E-state index in [2.05, 4.69) is 10.3 Å². The molecule has 3 N–H and O–H groups in total. The van der Waals surface area contributed by atoms with Crippen LogP contribution < -0.4 is 10.1 Å². The molecule has 1 heterocycles. The number of carboxylic acids is 1. The van der Waals surface area contributed by atoms with Gasteiger partial charge in [0.05, 0.1) is 0 Å². The van der Waals surface area contributed by atoms with Gasteiger partial charge in [0, 0.05) is 35.8 Å². The number of aromatic amines is 1. The predicted molar refractivity (Wildman–Crippen MR) is 106 cm³/mol. The maximum atomic E-state index is 11.8. The minimum atomic E-state index is -0.898. The van der Waals surface area contributed by atoms with Crippen molar-refractivity contribution < 1.29 is 14.6 Å². The van der Waals surface area contributed by atoms with Crippen LogP contribution >= 0.6 is 0 Å². The number of likely N-dealkylation sites (N-methyl/N-ethyl adjacent to an activating group) is 1. The zero-order chi connectivity index (χ0) is 19.2. The number of ether oxygens (including phenoxy) is 1. The number of nitrogens with zero attached hydrogens (tertiary/aromatic N) is 1. The number of carboxylic acid groups (broad SMARTS) is 1. The Hall–Kier alpha value is -2.83. The highest BCUT2D eigenvalue weighted by atomic mass is 16.5. The van der Waals surface area contributed by atoms with Gasteiger partial charge in [-0.25, -0.2) is 0 Å². The molecule has 3 rings (SSSR count). The summed E-state index contributed by atoms with van der Waals surface area (Å²) in [5.74, 6) is -0.185. The highest BCUT2D eigenvalue weighted by Gasteiger charge is 2.22. The molecule has 27 heavy (non-hydrogen) atoms. The van der Waals surface area contributed by atoms with Gasteiger partial charge in [0.25, 0.3) is 0 Å². The standard InChI is InChI=1S/C21H25N3O3/c1-24(2)11-10-22-20(21(25)26)18-13-23-19-9-8-16(12-17(18)19)27-14-15-6-4-3-5-7-15/h3-9,12-13,20,22-23H,10-11,14H2,1-2H3,(H,25,26)/t20-/m1/s1. The van der Waals surface area contributed by atoms with Crippen molar-refractivity contribution >= 4 is 16.9 Å². The fourth-order valence-electron chi connectivity index (χ4n) is 2.95. The van der Waals surface area contributed by atoms with Crippen LogP contribution in [-0.2, 0) is 11.4 Å². The molecule has 1 aromatic heterocycles. The second-order valence-corrected chi connectivity index (χ2v) is 6.75. The molecule has 0 fully saturated rings. The van der Waals surface area contributed by atoms with Crippen molar-refractivity contribution in [3.63, 3.8) is 0 Å². The van der Waals surface area contributed by atoms with E-state index in [0.717, 1.165) is 23.0 Å². The first-order chi connectivity index (χ1) is 13.0. The number of hydrogen-bond donors (Lipinski definition) is 3. The fraction of sp³-hybridized carbons (Fsp3) is 0.286. The maximum Gasteiger partial charge on any atom is 0.325 e. The molecule has 6 heteroatoms. The van der Waals surface area contributed by atoms with Crippen LogP contribution in [0.3, 0.4) is 0 Å². The number of benzene rings is 2. The first-order valence-corrected chi connectivity index (χ1v) is 8.93. The van der Waals surface area contributed by atoms with Crippen molar-refractivity contribution in [1.82, 2.24) is 15.2 Å². The summed E-state index contributed by atoms with van der Waals surface area (Å²) in [6.07, 6.45) is 1.76. The number of hydrogen-bond acceptors (Lipinski definition) is 4. The zero-order valence-corrected chi connectivity index (χ0v) is 15.6. The topological polar surface area (TPSA) is 77.6 Å². The summed E-state index contributed by atoms with van der Waals surface area (Å²) in [7, 11) is 3.92. The molecule has 0 spiro atoms. The Bertz CT molecular complexity index is 890. The molecule has 6 nitrogen and oxygen atoms in total. The SMILES string of the molecule is CN(C)CCN[C@@H](C(=O)O)c1c[nH]c2ccc(OCc3ccccc3)cc12. The molecule has 1 atom stereocenters. The predicted octanol–water partition coefficient (Wildman–Crippen LogP) is 3.02. The van der Waals surface area contributed by atoms with Crippen LogP contribution in [0.5, 0.6) is 5.75 Å². The number of rotatable bonds is 9. The second kappa shape index (κ2) is 8.70. The van der Waals surface area contributed by atoms with E-state index in [9.17, 15) is 9.90 Å². The van der Waals surface area contributed by atoms with Gasteiger partial charge in [-0.05, 0) is 37.9 Å². The fourth-order valence-corrected chi connectivity index (χ4v) is 2.95. The van der Waals surface area contributed by atoms with Crippen molar-refractivity contribution in [1.29, 1.82) is 0 Å². The van der Waals surface area contributed by atoms with E-state index in [-0.39, 0.29) is 0 Å². The lowest BCUT2D eigenvalue weighted by molar-refractivity contribution is -0.139. The highest BCUT2D eigenvalue weighted by molar-refractivity contribution is 5.90. The minimum Gasteiger partial charge on any atom is -0.489 e. The van der Waals surface area contributed by atoms with Crippen LogP contribution in [0, 0.1) is 0 Å². The summed E-state index contributed by atoms with van der Waals surface area (Å²) in [4.78, 5) is 17.0. The van der Waals surface area contributed by atoms with Crippen molar-refractivity contribution in [2.45, 2.75) is 12.6 Å². The van der Waals surface area contributed by atoms with Crippen molar-refractivity contribution in [3.05, 3.63) is 65.9 Å². The summed E-state index contributed by atoms with van der Waals surface area (Å²) < 4.78 is 5.89. The molecule has 0 saturated carbocycles. The summed E-state index contributed by atoms with van der Waals surface area (Å²) in [5, 5.41) is 13.6. The number of aromatic nitrogens is 1. The number of carbonyl (C=O) groups is 1. The minimum absolute atomic E-state index is 0.468. The van der Waals surface area contributed by atoms with Gasteiger partial charge in [0.15, 0.2) is 0 Å². The van der Waals surface area contributed by atoms with E-state index >= 15 is 0 Å². The molecule has 0 aliphatic carbocycles. The van der Waals surface area contributed by atoms with E-state index in [0.29, 0.717) is 24.5 Å². The van der Waals surface area contributed by atoms with Gasteiger partial charge >= 0.3 is 5.97 Å². The van der Waals surface area contributed by atoms with Crippen LogP contribution in [-0.4, -0.2) is 48.1 Å². The van der Waals surface area contributed by atoms with Crippen LogP contribution in [0.4, 0.5) is 0 Å². The molecule has 0 amide bonds. The molecule has 0 aliphatic rings. The third-order valence-corrected chi connectivity index (χ3v) is 4.40. The van der Waals surface area contributed by atoms with Gasteiger partial charge in [0.2, 0.25) is 0 Å². The number of aliphatic carboxylic acids is 1. The molecule has 142 valence electrons. The molecular formula is C21H25N3O3. The number of H-pyrrole nitrogens is 1. The maximum absolute atomic E-state index is 11.8. The van der Waals surface area contributed by atoms with Crippen molar-refractivity contribution in [2.75, 3.05) is 27.2 Å². The average Bonchev–Trinajstić information content (AvgIpc) is 3.07. The van der Waals surface area contributed by atoms with Gasteiger partial charge in [-0.15, -0.1) is 0 Å². The molecule has 0 aliphatic heterocycles. The van der Waals surface area contributed by atoms with Crippen molar-refractivity contribution in [2.24, 2.45) is 0 Å². The van der Waals surface area contributed by atoms with Gasteiger partial charge in [-0.3, -0.25) is 10.1 Å². The molecule has 3 aromatic rings. The summed E-state index contributed by atoms with van der Waals surface area (Å²) in [6.45, 7) is 1.81. The van der Waals surface area contributed by atoms with Crippen LogP contribution in [0.25, 0.3) is 10.9 Å². The summed E-state index contributed by atoms with van der Waals surface area (Å²) in [5.41, 5.74) is 2.68. The number of fused-ring (bicyclic) bond motifs is 1. The third-order valence-electron chi connectivity index (χ3n) is 4.40. The summed E-state index contributed by atoms with van der Waals surface area (Å²) in [6, 6.07) is 14.9. The third kappa shape index (κ3) is 4.87. The molecule has 2 aromatic carbocycles. The van der Waals surface area contributed by atoms with Crippen LogP contribution in [0.1, 0.15) is 17.2 Å². The van der Waals surface area contributed by atoms with E-state index in [1.807, 2.05) is 67.5 Å². The quantitative estimate of drug-likeness (QED) is 0.542. The van der Waals surface area contributed by atoms with E-state index in [1.165, 1.54) is 0 Å². The first-order valence-electron chi connectivity index (χ1n) is 8.93. The van der Waals surface area contributed by atoms with Crippen LogP contribution in [0.15, 0.2) is 54.7 Å². The normalized spacial score (nSPS) is 12.4. The Morgan fingerprint density at radius 2 is 2.00 bits per heavy atom. The largest absolute Gasteiger partial charge is 0.489 e. The van der Waals surface area contributed by atoms with Gasteiger partial charge in [0.1, 0.15) is 18.4 Å². The smallest absolute Gasteiger partial charge is 0.325 e. The van der Waals surface area contributed by atoms with E-state index in [4.69, 9.17) is 4.74 Å². The molecule has 0 radical (unpaired) electrons. The lowest BCUT2D eigenvalue weighted by atomic mass is 10.1. The Morgan fingerprint density at radius 3 is 2.70 bits per heavy atom. The Labute approximate surface area is 158 Å². The molecule has 0 saturated heterocycles. The second-order valence-electron chi connectivity index (χ2n) is 6.75. The number of nitrogens with one attached hydrogen (secondary N) is 2. The molecular weight excluding hydrogens is 342 g/mol. The lowest BCUT2D eigenvalue weighted by Gasteiger charge is -2.16. The van der Waals surface area contributed by atoms with E-state index < -0.39 is 12.0 Å². The summed E-state index contributed by atoms with van der Waals surface area (Å²) >= 11 is 0. The molecule has 0 unspecified atom stereocenters. The zero-order valence-electron chi connectivity index (χ0n) is 15.6. The monoisotopic (exact) mass is 367 g/mol. The Morgan fingerprint density at radius 1 is 1.22 bits per heavy atom. The molecule has 0 bridgehead atoms. The van der Waals surface area contributed by atoms with Gasteiger partial charge < -0.3 is 19.7 Å².